The van der Waals surface area contributed by atoms with Crippen molar-refractivity contribution >= 4 is 18.5 Å². The minimum absolute atomic E-state index is 0.241. The number of hydrogen-bond donors (Lipinski definition) is 3. The summed E-state index contributed by atoms with van der Waals surface area (Å²) in [6, 6.07) is 8.29. The van der Waals surface area contributed by atoms with Crippen LogP contribution in [0.2, 0.25) is 0 Å². The molecule has 1 rings (SSSR count). The zero-order chi connectivity index (χ0) is 14.5. The van der Waals surface area contributed by atoms with Crippen LogP contribution in [0.4, 0.5) is 0 Å². The van der Waals surface area contributed by atoms with Crippen LogP contribution in [0.25, 0.3) is 0 Å². The van der Waals surface area contributed by atoms with Gasteiger partial charge in [0.25, 0.3) is 5.91 Å². The van der Waals surface area contributed by atoms with E-state index in [1.165, 1.54) is 0 Å². The van der Waals surface area contributed by atoms with Crippen molar-refractivity contribution in [2.24, 2.45) is 5.92 Å². The first-order valence-corrected chi connectivity index (χ1v) is 8.37. The first-order valence-electron chi connectivity index (χ1n) is 6.21. The van der Waals surface area contributed by atoms with Crippen LogP contribution >= 0.6 is 7.29 Å². The molecule has 0 aliphatic heterocycles. The average Bonchev–Trinajstić information content (AvgIpc) is 2.37. The van der Waals surface area contributed by atoms with Crippen molar-refractivity contribution < 1.29 is 14.6 Å². The zero-order valence-corrected chi connectivity index (χ0v) is 12.4. The Morgan fingerprint density at radius 3 is 2.37 bits per heavy atom. The van der Waals surface area contributed by atoms with Crippen LogP contribution in [0.5, 0.6) is 0 Å². The SMILES string of the molecule is CC(C)C[C@H](N[P@](C)(=O)c1ccccc1)C(=O)NO. The summed E-state index contributed by atoms with van der Waals surface area (Å²) >= 11 is 0. The Labute approximate surface area is 113 Å². The van der Waals surface area contributed by atoms with Gasteiger partial charge >= 0.3 is 0 Å². The highest BCUT2D eigenvalue weighted by molar-refractivity contribution is 7.69. The molecule has 0 radical (unpaired) electrons. The maximum Gasteiger partial charge on any atom is 0.260 e. The van der Waals surface area contributed by atoms with Crippen molar-refractivity contribution in [2.45, 2.75) is 26.3 Å². The summed E-state index contributed by atoms with van der Waals surface area (Å²) in [7, 11) is -2.85. The van der Waals surface area contributed by atoms with E-state index in [2.05, 4.69) is 5.09 Å². The number of rotatable bonds is 6. The predicted octanol–water partition coefficient (Wildman–Crippen LogP) is 1.73. The standard InChI is InChI=1S/C13H21N2O3P/c1-10(2)9-12(13(16)14-17)15-19(3,18)11-7-5-4-6-8-11/h4-8,10,12,17H,9H2,1-3H3,(H,14,16)(H,15,18)/t12-,19+/m0/s1. The van der Waals surface area contributed by atoms with Gasteiger partial charge in [0.15, 0.2) is 7.29 Å². The fourth-order valence-corrected chi connectivity index (χ4v) is 3.56. The number of hydroxylamine groups is 1. The van der Waals surface area contributed by atoms with Crippen LogP contribution in [0, 0.1) is 5.92 Å². The molecule has 0 bridgehead atoms. The topological polar surface area (TPSA) is 78.4 Å². The lowest BCUT2D eigenvalue weighted by molar-refractivity contribution is -0.131. The molecule has 1 amide bonds. The molecule has 0 aromatic heterocycles. The lowest BCUT2D eigenvalue weighted by Crippen LogP contribution is -2.43. The molecular weight excluding hydrogens is 263 g/mol. The Bertz CT molecular complexity index is 462. The van der Waals surface area contributed by atoms with Crippen molar-refractivity contribution in [2.75, 3.05) is 6.66 Å². The summed E-state index contributed by atoms with van der Waals surface area (Å²) in [4.78, 5) is 11.6. The maximum atomic E-state index is 12.7. The molecule has 0 saturated heterocycles. The minimum Gasteiger partial charge on any atom is -0.302 e. The maximum absolute atomic E-state index is 12.7. The second kappa shape index (κ2) is 6.85. The molecule has 1 aromatic rings. The molecule has 0 saturated carbocycles. The summed E-state index contributed by atoms with van der Waals surface area (Å²) in [5.41, 5.74) is 1.62. The molecule has 3 N–H and O–H groups in total. The third-order valence-corrected chi connectivity index (χ3v) is 4.87. The highest BCUT2D eigenvalue weighted by atomic mass is 31.2. The van der Waals surface area contributed by atoms with Crippen molar-refractivity contribution in [3.05, 3.63) is 30.3 Å². The van der Waals surface area contributed by atoms with E-state index in [0.717, 1.165) is 0 Å². The van der Waals surface area contributed by atoms with Crippen LogP contribution in [0.15, 0.2) is 30.3 Å². The van der Waals surface area contributed by atoms with Gasteiger partial charge in [-0.2, -0.15) is 0 Å². The van der Waals surface area contributed by atoms with Gasteiger partial charge in [0.2, 0.25) is 0 Å². The first-order chi connectivity index (χ1) is 8.86. The Hall–Kier alpha value is -1.16. The number of carbonyl (C=O) groups is 1. The lowest BCUT2D eigenvalue weighted by Gasteiger charge is -2.23. The fraction of sp³-hybridized carbons (Fsp3) is 0.462. The number of carbonyl (C=O) groups excluding carboxylic acids is 1. The van der Waals surface area contributed by atoms with Gasteiger partial charge in [0.05, 0.1) is 6.04 Å². The van der Waals surface area contributed by atoms with E-state index in [1.54, 1.807) is 36.4 Å². The normalized spacial score (nSPS) is 15.8. The van der Waals surface area contributed by atoms with E-state index < -0.39 is 19.2 Å². The second-order valence-corrected chi connectivity index (χ2v) is 7.67. The van der Waals surface area contributed by atoms with Crippen molar-refractivity contribution in [3.8, 4) is 0 Å². The monoisotopic (exact) mass is 284 g/mol. The minimum atomic E-state index is -2.85. The fourth-order valence-electron chi connectivity index (χ4n) is 1.85. The molecule has 106 valence electrons. The highest BCUT2D eigenvalue weighted by Crippen LogP contribution is 2.36. The van der Waals surface area contributed by atoms with Crippen LogP contribution in [-0.2, 0) is 9.36 Å². The zero-order valence-electron chi connectivity index (χ0n) is 11.5. The lowest BCUT2D eigenvalue weighted by atomic mass is 10.0. The van der Waals surface area contributed by atoms with Gasteiger partial charge in [-0.15, -0.1) is 0 Å². The third kappa shape index (κ3) is 4.78. The third-order valence-electron chi connectivity index (χ3n) is 2.78. The van der Waals surface area contributed by atoms with Crippen LogP contribution in [0.1, 0.15) is 20.3 Å². The Morgan fingerprint density at radius 1 is 1.32 bits per heavy atom. The quantitative estimate of drug-likeness (QED) is 0.422. The Kier molecular flexibility index (Phi) is 5.73. The molecule has 0 spiro atoms. The largest absolute Gasteiger partial charge is 0.302 e. The molecule has 0 fully saturated rings. The smallest absolute Gasteiger partial charge is 0.260 e. The number of nitrogens with one attached hydrogen (secondary N) is 2. The van der Waals surface area contributed by atoms with E-state index in [9.17, 15) is 9.36 Å². The predicted molar refractivity (Wildman–Crippen MR) is 75.9 cm³/mol. The van der Waals surface area contributed by atoms with Crippen LogP contribution in [0.3, 0.4) is 0 Å². The molecule has 0 aliphatic carbocycles. The molecule has 5 nitrogen and oxygen atoms in total. The van der Waals surface area contributed by atoms with Gasteiger partial charge in [-0.05, 0) is 12.3 Å². The van der Waals surface area contributed by atoms with E-state index in [1.807, 2.05) is 19.9 Å². The number of amides is 1. The van der Waals surface area contributed by atoms with Gasteiger partial charge in [-0.3, -0.25) is 15.1 Å². The van der Waals surface area contributed by atoms with Gasteiger partial charge in [-0.1, -0.05) is 44.2 Å². The summed E-state index contributed by atoms with van der Waals surface area (Å²) < 4.78 is 12.7. The molecule has 0 aliphatic rings. The Balaban J connectivity index is 2.89. The van der Waals surface area contributed by atoms with Crippen LogP contribution < -0.4 is 15.9 Å². The molecule has 6 heteroatoms. The van der Waals surface area contributed by atoms with Crippen molar-refractivity contribution in [1.29, 1.82) is 0 Å². The van der Waals surface area contributed by atoms with Gasteiger partial charge < -0.3 is 4.57 Å². The summed E-state index contributed by atoms with van der Waals surface area (Å²) in [6.07, 6.45) is 0.497. The molecule has 1 aromatic carbocycles. The molecule has 0 heterocycles. The van der Waals surface area contributed by atoms with Gasteiger partial charge in [-0.25, -0.2) is 5.48 Å². The summed E-state index contributed by atoms with van der Waals surface area (Å²) in [5.74, 6) is -0.322. The Morgan fingerprint density at radius 2 is 1.89 bits per heavy atom. The number of benzene rings is 1. The van der Waals surface area contributed by atoms with E-state index >= 15 is 0 Å². The summed E-state index contributed by atoms with van der Waals surface area (Å²) in [5, 5.41) is 12.3. The highest BCUT2D eigenvalue weighted by Gasteiger charge is 2.27. The van der Waals surface area contributed by atoms with Gasteiger partial charge in [0, 0.05) is 12.0 Å². The molecule has 0 unspecified atom stereocenters. The average molecular weight is 284 g/mol. The molecule has 19 heavy (non-hydrogen) atoms. The second-order valence-electron chi connectivity index (χ2n) is 5.05. The van der Waals surface area contributed by atoms with Crippen molar-refractivity contribution in [3.63, 3.8) is 0 Å². The van der Waals surface area contributed by atoms with Gasteiger partial charge in [0.1, 0.15) is 0 Å². The van der Waals surface area contributed by atoms with Crippen molar-refractivity contribution in [1.82, 2.24) is 10.6 Å². The van der Waals surface area contributed by atoms with E-state index in [0.29, 0.717) is 11.7 Å². The van der Waals surface area contributed by atoms with Crippen LogP contribution in [-0.4, -0.2) is 23.8 Å². The van der Waals surface area contributed by atoms with E-state index in [-0.39, 0.29) is 5.92 Å². The summed E-state index contributed by atoms with van der Waals surface area (Å²) in [6.45, 7) is 5.51. The van der Waals surface area contributed by atoms with E-state index in [4.69, 9.17) is 5.21 Å². The first kappa shape index (κ1) is 15.9. The molecule has 2 atom stereocenters. The number of hydrogen-bond acceptors (Lipinski definition) is 3. The molecular formula is C13H21N2O3P.